The highest BCUT2D eigenvalue weighted by Crippen LogP contribution is 2.10. The first-order chi connectivity index (χ1) is 10.3. The predicted octanol–water partition coefficient (Wildman–Crippen LogP) is 1.67. The molecule has 1 N–H and O–H groups in total. The van der Waals surface area contributed by atoms with E-state index in [1.165, 1.54) is 5.56 Å². The average Bonchev–Trinajstić information content (AvgIpc) is 2.57. The normalized spacial score (nSPS) is 18.8. The molecule has 0 spiro atoms. The van der Waals surface area contributed by atoms with Crippen molar-refractivity contribution in [1.82, 2.24) is 20.0 Å². The fourth-order valence-corrected chi connectivity index (χ4v) is 3.00. The Morgan fingerprint density at radius 3 is 2.04 bits per heavy atom. The molecule has 23 heavy (non-hydrogen) atoms. The number of hydrogen-bond acceptors (Lipinski definition) is 3. The maximum atomic E-state index is 12.4. The standard InChI is InChI=1S/C16H24N4O.2ClH/c21-16(19-8-6-17-7-9-19)20-12-10-18(11-13-20)14-15-4-2-1-3-5-15;;/h1-5,17H,6-14H2;2*1H. The summed E-state index contributed by atoms with van der Waals surface area (Å²) < 4.78 is 0. The van der Waals surface area contributed by atoms with E-state index in [1.807, 2.05) is 15.9 Å². The van der Waals surface area contributed by atoms with E-state index in [0.717, 1.165) is 58.9 Å². The van der Waals surface area contributed by atoms with Crippen molar-refractivity contribution in [2.45, 2.75) is 6.54 Å². The first kappa shape index (κ1) is 20.0. The molecule has 2 heterocycles. The van der Waals surface area contributed by atoms with Gasteiger partial charge in [-0.1, -0.05) is 30.3 Å². The lowest BCUT2D eigenvalue weighted by Crippen LogP contribution is -2.56. The molecule has 1 aromatic rings. The van der Waals surface area contributed by atoms with Crippen molar-refractivity contribution in [3.63, 3.8) is 0 Å². The van der Waals surface area contributed by atoms with Gasteiger partial charge in [-0.3, -0.25) is 4.90 Å². The number of hydrogen-bond donors (Lipinski definition) is 1. The largest absolute Gasteiger partial charge is 0.322 e. The molecule has 5 nitrogen and oxygen atoms in total. The Bertz CT molecular complexity index is 460. The fraction of sp³-hybridized carbons (Fsp3) is 0.562. The van der Waals surface area contributed by atoms with Crippen molar-refractivity contribution in [3.8, 4) is 0 Å². The Balaban J connectivity index is 0.00000132. The highest BCUT2D eigenvalue weighted by atomic mass is 35.5. The Morgan fingerprint density at radius 2 is 1.43 bits per heavy atom. The third-order valence-electron chi connectivity index (χ3n) is 4.28. The second-order valence-electron chi connectivity index (χ2n) is 5.77. The Morgan fingerprint density at radius 1 is 0.870 bits per heavy atom. The number of nitrogens with one attached hydrogen (secondary N) is 1. The minimum absolute atomic E-state index is 0. The zero-order chi connectivity index (χ0) is 14.5. The van der Waals surface area contributed by atoms with Gasteiger partial charge in [-0.05, 0) is 5.56 Å². The second-order valence-corrected chi connectivity index (χ2v) is 5.77. The first-order valence-electron chi connectivity index (χ1n) is 7.84. The van der Waals surface area contributed by atoms with Crippen molar-refractivity contribution in [2.75, 3.05) is 52.4 Å². The van der Waals surface area contributed by atoms with Crippen LogP contribution in [0.15, 0.2) is 30.3 Å². The smallest absolute Gasteiger partial charge is 0.320 e. The number of amides is 2. The molecule has 2 amide bonds. The summed E-state index contributed by atoms with van der Waals surface area (Å²) in [5.41, 5.74) is 1.35. The SMILES string of the molecule is Cl.Cl.O=C(N1CCNCC1)N1CCN(Cc2ccccc2)CC1. The summed E-state index contributed by atoms with van der Waals surface area (Å²) >= 11 is 0. The number of urea groups is 1. The number of halogens is 2. The van der Waals surface area contributed by atoms with Crippen LogP contribution in [0.1, 0.15) is 5.56 Å². The van der Waals surface area contributed by atoms with E-state index in [9.17, 15) is 4.79 Å². The summed E-state index contributed by atoms with van der Waals surface area (Å²) in [5.74, 6) is 0. The lowest BCUT2D eigenvalue weighted by Gasteiger charge is -2.38. The third-order valence-corrected chi connectivity index (χ3v) is 4.28. The van der Waals surface area contributed by atoms with Gasteiger partial charge in [0.1, 0.15) is 0 Å². The molecule has 0 atom stereocenters. The van der Waals surface area contributed by atoms with Crippen molar-refractivity contribution in [2.24, 2.45) is 0 Å². The number of carbonyl (C=O) groups is 1. The monoisotopic (exact) mass is 360 g/mol. The van der Waals surface area contributed by atoms with Crippen LogP contribution in [-0.4, -0.2) is 73.1 Å². The molecule has 0 bridgehead atoms. The maximum absolute atomic E-state index is 12.4. The van der Waals surface area contributed by atoms with Gasteiger partial charge in [0.2, 0.25) is 0 Å². The Hall–Kier alpha value is -1.01. The quantitative estimate of drug-likeness (QED) is 0.871. The van der Waals surface area contributed by atoms with Crippen LogP contribution in [-0.2, 0) is 6.54 Å². The number of piperazine rings is 2. The number of rotatable bonds is 2. The molecule has 130 valence electrons. The number of benzene rings is 1. The van der Waals surface area contributed by atoms with Crippen molar-refractivity contribution >= 4 is 30.8 Å². The molecule has 2 saturated heterocycles. The molecule has 2 fully saturated rings. The van der Waals surface area contributed by atoms with E-state index in [1.54, 1.807) is 0 Å². The molecule has 0 unspecified atom stereocenters. The van der Waals surface area contributed by atoms with E-state index in [4.69, 9.17) is 0 Å². The second kappa shape index (κ2) is 9.98. The highest BCUT2D eigenvalue weighted by Gasteiger charge is 2.25. The van der Waals surface area contributed by atoms with E-state index in [2.05, 4.69) is 34.5 Å². The Labute approximate surface area is 150 Å². The van der Waals surface area contributed by atoms with Gasteiger partial charge < -0.3 is 15.1 Å². The summed E-state index contributed by atoms with van der Waals surface area (Å²) in [7, 11) is 0. The fourth-order valence-electron chi connectivity index (χ4n) is 3.00. The van der Waals surface area contributed by atoms with Gasteiger partial charge in [0, 0.05) is 58.9 Å². The van der Waals surface area contributed by atoms with Crippen LogP contribution in [0.4, 0.5) is 4.79 Å². The molecule has 2 aliphatic heterocycles. The minimum atomic E-state index is 0. The minimum Gasteiger partial charge on any atom is -0.322 e. The predicted molar refractivity (Wildman–Crippen MR) is 97.6 cm³/mol. The van der Waals surface area contributed by atoms with Crippen LogP contribution in [0, 0.1) is 0 Å². The van der Waals surface area contributed by atoms with Gasteiger partial charge in [-0.25, -0.2) is 4.79 Å². The van der Waals surface area contributed by atoms with Crippen molar-refractivity contribution in [3.05, 3.63) is 35.9 Å². The Kier molecular flexibility index (Phi) is 8.69. The topological polar surface area (TPSA) is 38.8 Å². The van der Waals surface area contributed by atoms with Crippen LogP contribution in [0.25, 0.3) is 0 Å². The third kappa shape index (κ3) is 5.53. The first-order valence-corrected chi connectivity index (χ1v) is 7.84. The molecule has 0 aliphatic carbocycles. The molecule has 0 radical (unpaired) electrons. The van der Waals surface area contributed by atoms with Gasteiger partial charge in [0.25, 0.3) is 0 Å². The van der Waals surface area contributed by atoms with Gasteiger partial charge in [-0.15, -0.1) is 24.8 Å². The molecule has 3 rings (SSSR count). The van der Waals surface area contributed by atoms with Crippen LogP contribution in [0.2, 0.25) is 0 Å². The van der Waals surface area contributed by atoms with Gasteiger partial charge in [-0.2, -0.15) is 0 Å². The molecule has 0 aromatic heterocycles. The molecule has 7 heteroatoms. The van der Waals surface area contributed by atoms with Gasteiger partial charge in [0.05, 0.1) is 0 Å². The molecule has 1 aromatic carbocycles. The van der Waals surface area contributed by atoms with Crippen LogP contribution in [0.5, 0.6) is 0 Å². The number of nitrogens with zero attached hydrogens (tertiary/aromatic N) is 3. The van der Waals surface area contributed by atoms with Crippen molar-refractivity contribution in [1.29, 1.82) is 0 Å². The van der Waals surface area contributed by atoms with Crippen LogP contribution in [0.3, 0.4) is 0 Å². The summed E-state index contributed by atoms with van der Waals surface area (Å²) in [4.78, 5) is 18.8. The molecular weight excluding hydrogens is 335 g/mol. The van der Waals surface area contributed by atoms with Crippen LogP contribution >= 0.6 is 24.8 Å². The lowest BCUT2D eigenvalue weighted by molar-refractivity contribution is 0.106. The van der Waals surface area contributed by atoms with E-state index >= 15 is 0 Å². The molecule has 0 saturated carbocycles. The highest BCUT2D eigenvalue weighted by molar-refractivity contribution is 5.85. The lowest BCUT2D eigenvalue weighted by atomic mass is 10.2. The molecule has 2 aliphatic rings. The van der Waals surface area contributed by atoms with E-state index in [0.29, 0.717) is 0 Å². The summed E-state index contributed by atoms with van der Waals surface area (Å²) in [5, 5.41) is 3.29. The van der Waals surface area contributed by atoms with E-state index in [-0.39, 0.29) is 30.8 Å². The number of carbonyl (C=O) groups excluding carboxylic acids is 1. The van der Waals surface area contributed by atoms with E-state index < -0.39 is 0 Å². The summed E-state index contributed by atoms with van der Waals surface area (Å²) in [6, 6.07) is 10.8. The zero-order valence-electron chi connectivity index (χ0n) is 13.3. The van der Waals surface area contributed by atoms with Crippen LogP contribution < -0.4 is 5.32 Å². The summed E-state index contributed by atoms with van der Waals surface area (Å²) in [6.45, 7) is 8.10. The summed E-state index contributed by atoms with van der Waals surface area (Å²) in [6.07, 6.45) is 0. The van der Waals surface area contributed by atoms with Gasteiger partial charge >= 0.3 is 6.03 Å². The van der Waals surface area contributed by atoms with Crippen molar-refractivity contribution < 1.29 is 4.79 Å². The van der Waals surface area contributed by atoms with Gasteiger partial charge in [0.15, 0.2) is 0 Å². The average molecular weight is 361 g/mol. The molecular formula is C16H26Cl2N4O. The maximum Gasteiger partial charge on any atom is 0.320 e. The zero-order valence-corrected chi connectivity index (χ0v) is 15.0.